The molecule has 0 bridgehead atoms. The molecule has 18 heavy (non-hydrogen) atoms. The summed E-state index contributed by atoms with van der Waals surface area (Å²) in [5, 5.41) is 1.02. The number of anilines is 1. The van der Waals surface area contributed by atoms with Crippen LogP contribution in [0.15, 0.2) is 0 Å². The molecular formula is C12H18N4OS. The summed E-state index contributed by atoms with van der Waals surface area (Å²) in [5.74, 6) is 7.01. The van der Waals surface area contributed by atoms with Gasteiger partial charge in [-0.15, -0.1) is 11.3 Å². The highest BCUT2D eigenvalue weighted by atomic mass is 32.1. The van der Waals surface area contributed by atoms with Gasteiger partial charge in [-0.3, -0.25) is 0 Å². The van der Waals surface area contributed by atoms with E-state index in [1.807, 2.05) is 6.92 Å². The fourth-order valence-corrected chi connectivity index (χ4v) is 2.88. The molecule has 6 heteroatoms. The van der Waals surface area contributed by atoms with Gasteiger partial charge in [0.25, 0.3) is 0 Å². The first-order chi connectivity index (χ1) is 8.56. The number of nitrogen functional groups attached to an aromatic ring is 1. The van der Waals surface area contributed by atoms with Gasteiger partial charge in [-0.05, 0) is 26.3 Å². The van der Waals surface area contributed by atoms with Crippen LogP contribution < -0.4 is 11.3 Å². The van der Waals surface area contributed by atoms with Crippen LogP contribution in [-0.4, -0.2) is 23.2 Å². The highest BCUT2D eigenvalue weighted by Crippen LogP contribution is 2.32. The van der Waals surface area contributed by atoms with Gasteiger partial charge in [-0.1, -0.05) is 0 Å². The molecule has 0 aliphatic rings. The van der Waals surface area contributed by atoms with E-state index in [1.54, 1.807) is 18.4 Å². The molecule has 1 unspecified atom stereocenters. The molecule has 0 saturated carbocycles. The molecular weight excluding hydrogens is 248 g/mol. The van der Waals surface area contributed by atoms with Gasteiger partial charge in [-0.25, -0.2) is 15.8 Å². The van der Waals surface area contributed by atoms with E-state index in [4.69, 9.17) is 10.6 Å². The van der Waals surface area contributed by atoms with Crippen molar-refractivity contribution in [2.24, 2.45) is 5.84 Å². The minimum Gasteiger partial charge on any atom is -0.381 e. The Balaban J connectivity index is 2.53. The maximum atomic E-state index is 5.56. The van der Waals surface area contributed by atoms with E-state index in [1.165, 1.54) is 10.4 Å². The molecule has 0 aliphatic heterocycles. The van der Waals surface area contributed by atoms with Crippen molar-refractivity contribution in [1.29, 1.82) is 0 Å². The topological polar surface area (TPSA) is 73.1 Å². The van der Waals surface area contributed by atoms with Gasteiger partial charge >= 0.3 is 0 Å². The molecule has 0 aliphatic carbocycles. The molecule has 0 saturated heterocycles. The van der Waals surface area contributed by atoms with Crippen LogP contribution in [0.2, 0.25) is 0 Å². The molecule has 2 aromatic heterocycles. The third-order valence-electron chi connectivity index (χ3n) is 3.08. The average Bonchev–Trinajstić information content (AvgIpc) is 2.64. The zero-order chi connectivity index (χ0) is 13.3. The second-order valence-electron chi connectivity index (χ2n) is 4.35. The van der Waals surface area contributed by atoms with E-state index in [-0.39, 0.29) is 6.10 Å². The Morgan fingerprint density at radius 3 is 2.72 bits per heavy atom. The summed E-state index contributed by atoms with van der Waals surface area (Å²) in [4.78, 5) is 11.3. The number of rotatable bonds is 4. The van der Waals surface area contributed by atoms with Gasteiger partial charge in [0, 0.05) is 18.4 Å². The molecule has 1 atom stereocenters. The standard InChI is InChI=1S/C12H18N4OS/c1-6(17-4)5-9-14-11(16-13)10-7(2)8(3)18-12(10)15-9/h6H,5,13H2,1-4H3,(H,14,15,16). The average molecular weight is 266 g/mol. The Morgan fingerprint density at radius 2 is 2.11 bits per heavy atom. The van der Waals surface area contributed by atoms with Crippen LogP contribution in [0.25, 0.3) is 10.2 Å². The minimum atomic E-state index is 0.0928. The maximum absolute atomic E-state index is 5.56. The molecule has 0 aromatic carbocycles. The third-order valence-corrected chi connectivity index (χ3v) is 4.19. The van der Waals surface area contributed by atoms with Crippen molar-refractivity contribution < 1.29 is 4.74 Å². The summed E-state index contributed by atoms with van der Waals surface area (Å²) < 4.78 is 5.24. The molecule has 0 spiro atoms. The fourth-order valence-electron chi connectivity index (χ4n) is 1.83. The first kappa shape index (κ1) is 13.2. The molecule has 0 amide bonds. The van der Waals surface area contributed by atoms with Crippen LogP contribution in [0.3, 0.4) is 0 Å². The van der Waals surface area contributed by atoms with E-state index in [9.17, 15) is 0 Å². The lowest BCUT2D eigenvalue weighted by Crippen LogP contribution is -2.15. The van der Waals surface area contributed by atoms with Crippen molar-refractivity contribution >= 4 is 27.4 Å². The van der Waals surface area contributed by atoms with Crippen LogP contribution >= 0.6 is 11.3 Å². The van der Waals surface area contributed by atoms with Gasteiger partial charge in [0.1, 0.15) is 10.7 Å². The highest BCUT2D eigenvalue weighted by molar-refractivity contribution is 7.18. The van der Waals surface area contributed by atoms with Gasteiger partial charge in [-0.2, -0.15) is 0 Å². The third kappa shape index (κ3) is 2.31. The summed E-state index contributed by atoms with van der Waals surface area (Å²) in [6, 6.07) is 0. The lowest BCUT2D eigenvalue weighted by Gasteiger charge is -2.10. The Hall–Kier alpha value is -1.24. The zero-order valence-corrected chi connectivity index (χ0v) is 11.9. The van der Waals surface area contributed by atoms with Crippen molar-refractivity contribution in [1.82, 2.24) is 9.97 Å². The molecule has 0 fully saturated rings. The van der Waals surface area contributed by atoms with Crippen LogP contribution in [0.1, 0.15) is 23.2 Å². The van der Waals surface area contributed by atoms with Crippen LogP contribution in [0, 0.1) is 13.8 Å². The molecule has 2 aromatic rings. The van der Waals surface area contributed by atoms with Crippen molar-refractivity contribution in [3.05, 3.63) is 16.3 Å². The molecule has 5 nitrogen and oxygen atoms in total. The normalized spacial score (nSPS) is 12.9. The molecule has 0 radical (unpaired) electrons. The second kappa shape index (κ2) is 5.17. The summed E-state index contributed by atoms with van der Waals surface area (Å²) >= 11 is 1.67. The molecule has 2 rings (SSSR count). The number of thiophene rings is 1. The number of nitrogens with two attached hydrogens (primary N) is 1. The van der Waals surface area contributed by atoms with Gasteiger partial charge in [0.05, 0.1) is 11.5 Å². The van der Waals surface area contributed by atoms with Gasteiger partial charge in [0.2, 0.25) is 0 Å². The van der Waals surface area contributed by atoms with Crippen LogP contribution in [0.5, 0.6) is 0 Å². The monoisotopic (exact) mass is 266 g/mol. The van der Waals surface area contributed by atoms with Gasteiger partial charge in [0.15, 0.2) is 5.82 Å². The number of ether oxygens (including phenoxy) is 1. The Morgan fingerprint density at radius 1 is 1.39 bits per heavy atom. The van der Waals surface area contributed by atoms with Crippen molar-refractivity contribution in [3.8, 4) is 0 Å². The Kier molecular flexibility index (Phi) is 3.79. The van der Waals surface area contributed by atoms with E-state index in [0.29, 0.717) is 12.2 Å². The van der Waals surface area contributed by atoms with Crippen LogP contribution in [0.4, 0.5) is 5.82 Å². The van der Waals surface area contributed by atoms with Crippen molar-refractivity contribution in [2.75, 3.05) is 12.5 Å². The van der Waals surface area contributed by atoms with Crippen molar-refractivity contribution in [3.63, 3.8) is 0 Å². The number of hydrazine groups is 1. The lowest BCUT2D eigenvalue weighted by atomic mass is 10.2. The van der Waals surface area contributed by atoms with E-state index >= 15 is 0 Å². The minimum absolute atomic E-state index is 0.0928. The second-order valence-corrected chi connectivity index (χ2v) is 5.55. The number of methoxy groups -OCH3 is 1. The number of nitrogens with one attached hydrogen (secondary N) is 1. The maximum Gasteiger partial charge on any atom is 0.152 e. The molecule has 3 N–H and O–H groups in total. The first-order valence-electron chi connectivity index (χ1n) is 5.82. The summed E-state index contributed by atoms with van der Waals surface area (Å²) in [7, 11) is 1.69. The van der Waals surface area contributed by atoms with Crippen molar-refractivity contribution in [2.45, 2.75) is 33.3 Å². The number of aryl methyl sites for hydroxylation is 2. The summed E-state index contributed by atoms with van der Waals surface area (Å²) in [6.07, 6.45) is 0.770. The molecule has 98 valence electrons. The highest BCUT2D eigenvalue weighted by Gasteiger charge is 2.15. The number of nitrogens with zero attached hydrogens (tertiary/aromatic N) is 2. The quantitative estimate of drug-likeness (QED) is 0.655. The van der Waals surface area contributed by atoms with E-state index < -0.39 is 0 Å². The number of fused-ring (bicyclic) bond motifs is 1. The predicted octanol–water partition coefficient (Wildman–Crippen LogP) is 2.17. The van der Waals surface area contributed by atoms with Gasteiger partial charge < -0.3 is 10.2 Å². The van der Waals surface area contributed by atoms with Crippen LogP contribution in [-0.2, 0) is 11.2 Å². The largest absolute Gasteiger partial charge is 0.381 e. The molecule has 2 heterocycles. The lowest BCUT2D eigenvalue weighted by molar-refractivity contribution is 0.117. The number of hydrogen-bond donors (Lipinski definition) is 2. The summed E-state index contributed by atoms with van der Waals surface area (Å²) in [6.45, 7) is 6.14. The SMILES string of the molecule is COC(C)Cc1nc(NN)c2c(C)c(C)sc2n1. The Labute approximate surface area is 110 Å². The predicted molar refractivity (Wildman–Crippen MR) is 74.9 cm³/mol. The van der Waals surface area contributed by atoms with E-state index in [2.05, 4.69) is 29.2 Å². The summed E-state index contributed by atoms with van der Waals surface area (Å²) in [5.41, 5.74) is 3.86. The number of hydrogen-bond acceptors (Lipinski definition) is 6. The number of aromatic nitrogens is 2. The first-order valence-corrected chi connectivity index (χ1v) is 6.64. The fraction of sp³-hybridized carbons (Fsp3) is 0.500. The van der Waals surface area contributed by atoms with E-state index in [0.717, 1.165) is 16.0 Å². The Bertz CT molecular complexity index is 567. The zero-order valence-electron chi connectivity index (χ0n) is 11.1. The smallest absolute Gasteiger partial charge is 0.152 e.